The third-order valence-corrected chi connectivity index (χ3v) is 3.49. The Morgan fingerprint density at radius 1 is 1.29 bits per heavy atom. The molecule has 0 aliphatic rings. The van der Waals surface area contributed by atoms with Crippen molar-refractivity contribution >= 4 is 11.6 Å². The minimum absolute atomic E-state index is 0.724. The predicted octanol–water partition coefficient (Wildman–Crippen LogP) is 3.92. The maximum absolute atomic E-state index is 5.18. The Morgan fingerprint density at radius 3 is 2.86 bits per heavy atom. The Kier molecular flexibility index (Phi) is 5.81. The third kappa shape index (κ3) is 4.33. The summed E-state index contributed by atoms with van der Waals surface area (Å²) in [5.74, 6) is 0.922. The summed E-state index contributed by atoms with van der Waals surface area (Å²) < 4.78 is 7.38. The molecular weight excluding hydrogens is 262 g/mol. The molecule has 21 heavy (non-hydrogen) atoms. The van der Waals surface area contributed by atoms with Gasteiger partial charge in [0.05, 0.1) is 12.3 Å². The zero-order valence-electron chi connectivity index (χ0n) is 13.2. The summed E-state index contributed by atoms with van der Waals surface area (Å²) in [4.78, 5) is 4.60. The summed E-state index contributed by atoms with van der Waals surface area (Å²) in [6, 6.07) is 8.34. The van der Waals surface area contributed by atoms with Crippen LogP contribution >= 0.6 is 0 Å². The lowest BCUT2D eigenvalue weighted by Gasteiger charge is -2.13. The fourth-order valence-electron chi connectivity index (χ4n) is 2.34. The van der Waals surface area contributed by atoms with Gasteiger partial charge >= 0.3 is 0 Å². The van der Waals surface area contributed by atoms with Crippen LogP contribution in [0.3, 0.4) is 0 Å². The van der Waals surface area contributed by atoms with Crippen LogP contribution < -0.4 is 5.32 Å². The number of benzene rings is 1. The summed E-state index contributed by atoms with van der Waals surface area (Å²) in [5.41, 5.74) is 3.41. The number of para-hydroxylation sites is 1. The molecule has 0 unspecified atom stereocenters. The normalized spacial score (nSPS) is 10.8. The van der Waals surface area contributed by atoms with Gasteiger partial charge in [-0.3, -0.25) is 0 Å². The number of hydrogen-bond acceptors (Lipinski definition) is 3. The monoisotopic (exact) mass is 287 g/mol. The number of rotatable bonds is 8. The van der Waals surface area contributed by atoms with Gasteiger partial charge in [-0.25, -0.2) is 4.98 Å². The van der Waals surface area contributed by atoms with Gasteiger partial charge in [0.25, 0.3) is 0 Å². The number of methoxy groups -OCH3 is 1. The molecule has 1 N–H and O–H groups in total. The summed E-state index contributed by atoms with van der Waals surface area (Å²) in [5, 5.41) is 3.48. The molecule has 0 atom stereocenters. The molecule has 0 radical (unpaired) electrons. The van der Waals surface area contributed by atoms with Crippen LogP contribution in [-0.2, 0) is 17.7 Å². The zero-order valence-corrected chi connectivity index (χ0v) is 13.2. The first-order valence-electron chi connectivity index (χ1n) is 7.62. The van der Waals surface area contributed by atoms with Gasteiger partial charge in [0.1, 0.15) is 0 Å². The van der Waals surface area contributed by atoms with Crippen LogP contribution in [0.15, 0.2) is 30.5 Å². The third-order valence-electron chi connectivity index (χ3n) is 3.49. The lowest BCUT2D eigenvalue weighted by Crippen LogP contribution is -2.06. The number of aryl methyl sites for hydroxylation is 2. The maximum Gasteiger partial charge on any atom is 0.207 e. The Balaban J connectivity index is 2.17. The van der Waals surface area contributed by atoms with Gasteiger partial charge < -0.3 is 14.6 Å². The van der Waals surface area contributed by atoms with Crippen LogP contribution in [0.5, 0.6) is 0 Å². The van der Waals surface area contributed by atoms with Crippen LogP contribution in [-0.4, -0.2) is 23.3 Å². The fraction of sp³-hybridized carbons (Fsp3) is 0.471. The molecule has 0 amide bonds. The summed E-state index contributed by atoms with van der Waals surface area (Å²) in [7, 11) is 1.73. The second kappa shape index (κ2) is 7.84. The molecule has 1 aromatic heterocycles. The average Bonchev–Trinajstić information content (AvgIpc) is 2.84. The van der Waals surface area contributed by atoms with Gasteiger partial charge in [-0.2, -0.15) is 0 Å². The molecule has 0 fully saturated rings. The van der Waals surface area contributed by atoms with E-state index >= 15 is 0 Å². The highest BCUT2D eigenvalue weighted by Crippen LogP contribution is 2.21. The van der Waals surface area contributed by atoms with Crippen LogP contribution in [0.4, 0.5) is 11.6 Å². The largest absolute Gasteiger partial charge is 0.384 e. The first-order valence-corrected chi connectivity index (χ1v) is 7.62. The lowest BCUT2D eigenvalue weighted by atomic mass is 10.1. The molecule has 0 saturated carbocycles. The molecule has 114 valence electrons. The highest BCUT2D eigenvalue weighted by Gasteiger charge is 2.08. The van der Waals surface area contributed by atoms with Gasteiger partial charge in [0.2, 0.25) is 5.95 Å². The van der Waals surface area contributed by atoms with E-state index in [-0.39, 0.29) is 0 Å². The van der Waals surface area contributed by atoms with E-state index in [1.54, 1.807) is 7.11 Å². The highest BCUT2D eigenvalue weighted by atomic mass is 16.5. The Morgan fingerprint density at radius 2 is 2.10 bits per heavy atom. The van der Waals surface area contributed by atoms with E-state index in [1.807, 2.05) is 13.0 Å². The summed E-state index contributed by atoms with van der Waals surface area (Å²) in [6.45, 7) is 5.96. The molecule has 2 aromatic rings. The first-order chi connectivity index (χ1) is 10.2. The van der Waals surface area contributed by atoms with Crippen molar-refractivity contribution in [2.24, 2.45) is 0 Å². The van der Waals surface area contributed by atoms with Crippen LogP contribution in [0.1, 0.15) is 31.0 Å². The highest BCUT2D eigenvalue weighted by molar-refractivity contribution is 5.59. The molecule has 4 nitrogen and oxygen atoms in total. The van der Waals surface area contributed by atoms with Gasteiger partial charge in [-0.1, -0.05) is 31.5 Å². The molecule has 0 aliphatic carbocycles. The van der Waals surface area contributed by atoms with E-state index in [9.17, 15) is 0 Å². The number of hydrogen-bond donors (Lipinski definition) is 1. The van der Waals surface area contributed by atoms with Crippen LogP contribution in [0, 0.1) is 6.92 Å². The van der Waals surface area contributed by atoms with Gasteiger partial charge in [0.15, 0.2) is 0 Å². The number of nitrogens with one attached hydrogen (secondary N) is 1. The van der Waals surface area contributed by atoms with Gasteiger partial charge in [-0.05, 0) is 31.4 Å². The molecule has 1 heterocycles. The van der Waals surface area contributed by atoms with Crippen LogP contribution in [0.2, 0.25) is 0 Å². The number of ether oxygens (including phenoxy) is 1. The Bertz CT molecular complexity index is 563. The molecule has 0 spiro atoms. The smallest absolute Gasteiger partial charge is 0.207 e. The van der Waals surface area contributed by atoms with Crippen molar-refractivity contribution in [2.45, 2.75) is 39.7 Å². The number of imidazole rings is 1. The average molecular weight is 287 g/mol. The number of unbranched alkanes of at least 4 members (excludes halogenated alkanes) is 1. The Labute approximate surface area is 127 Å². The topological polar surface area (TPSA) is 39.1 Å². The van der Waals surface area contributed by atoms with E-state index in [4.69, 9.17) is 4.74 Å². The molecular formula is C17H25N3O. The van der Waals surface area contributed by atoms with E-state index < -0.39 is 0 Å². The minimum Gasteiger partial charge on any atom is -0.384 e. The van der Waals surface area contributed by atoms with E-state index in [2.05, 4.69) is 46.2 Å². The maximum atomic E-state index is 5.18. The molecule has 0 saturated heterocycles. The number of aromatic nitrogens is 2. The van der Waals surface area contributed by atoms with Crippen molar-refractivity contribution < 1.29 is 4.74 Å². The number of nitrogens with zero attached hydrogens (tertiary/aromatic N) is 2. The van der Waals surface area contributed by atoms with Crippen molar-refractivity contribution in [3.63, 3.8) is 0 Å². The summed E-state index contributed by atoms with van der Waals surface area (Å²) in [6.07, 6.45) is 5.35. The van der Waals surface area contributed by atoms with E-state index in [0.717, 1.165) is 43.3 Å². The number of anilines is 2. The zero-order chi connectivity index (χ0) is 15.1. The van der Waals surface area contributed by atoms with Gasteiger partial charge in [0, 0.05) is 25.5 Å². The molecule has 0 aliphatic heterocycles. The van der Waals surface area contributed by atoms with Crippen LogP contribution in [0.25, 0.3) is 0 Å². The summed E-state index contributed by atoms with van der Waals surface area (Å²) >= 11 is 0. The predicted molar refractivity (Wildman–Crippen MR) is 87.2 cm³/mol. The molecule has 1 aromatic carbocycles. The van der Waals surface area contributed by atoms with E-state index in [0.29, 0.717) is 0 Å². The standard InChI is InChI=1S/C17H25N3O/c1-4-5-11-20-13-14(2)18-17(20)19-16-9-7-6-8-15(16)10-12-21-3/h6-9,13H,4-5,10-12H2,1-3H3,(H,18,19). The van der Waals surface area contributed by atoms with Crippen molar-refractivity contribution in [1.82, 2.24) is 9.55 Å². The van der Waals surface area contributed by atoms with E-state index in [1.165, 1.54) is 12.0 Å². The second-order valence-corrected chi connectivity index (χ2v) is 5.28. The van der Waals surface area contributed by atoms with Crippen molar-refractivity contribution in [3.8, 4) is 0 Å². The lowest BCUT2D eigenvalue weighted by molar-refractivity contribution is 0.202. The minimum atomic E-state index is 0.724. The Hall–Kier alpha value is -1.81. The SMILES string of the molecule is CCCCn1cc(C)nc1Nc1ccccc1CCOC. The van der Waals surface area contributed by atoms with Gasteiger partial charge in [-0.15, -0.1) is 0 Å². The molecule has 2 rings (SSSR count). The quantitative estimate of drug-likeness (QED) is 0.799. The fourth-order valence-corrected chi connectivity index (χ4v) is 2.34. The van der Waals surface area contributed by atoms with Crippen molar-refractivity contribution in [2.75, 3.05) is 19.0 Å². The first kappa shape index (κ1) is 15.6. The van der Waals surface area contributed by atoms with Crippen molar-refractivity contribution in [3.05, 3.63) is 41.7 Å². The second-order valence-electron chi connectivity index (χ2n) is 5.28. The molecule has 0 bridgehead atoms. The molecule has 4 heteroatoms. The van der Waals surface area contributed by atoms with Crippen molar-refractivity contribution in [1.29, 1.82) is 0 Å².